The van der Waals surface area contributed by atoms with Gasteiger partial charge >= 0.3 is 5.97 Å². The van der Waals surface area contributed by atoms with E-state index < -0.39 is 11.8 Å². The summed E-state index contributed by atoms with van der Waals surface area (Å²) in [6, 6.07) is 0. The molecule has 4 aliphatic carbocycles. The summed E-state index contributed by atoms with van der Waals surface area (Å²) in [5.41, 5.74) is 2.41. The van der Waals surface area contributed by atoms with Gasteiger partial charge in [-0.05, 0) is 99.2 Å². The molecule has 6 fully saturated rings. The normalized spacial score (nSPS) is 49.2. The quantitative estimate of drug-likeness (QED) is 0.345. The second-order valence-corrected chi connectivity index (χ2v) is 13.7. The van der Waals surface area contributed by atoms with Crippen molar-refractivity contribution in [1.82, 2.24) is 0 Å². The second kappa shape index (κ2) is 7.68. The van der Waals surface area contributed by atoms with Crippen LogP contribution in [0.1, 0.15) is 98.8 Å². The summed E-state index contributed by atoms with van der Waals surface area (Å²) in [4.78, 5) is 11.1. The number of aliphatic carboxylic acids is 1. The Hall–Kier alpha value is -1.13. The molecule has 6 rings (SSSR count). The molecule has 2 heterocycles. The fraction of sp³-hybridized carbons (Fsp3) is 0.833. The van der Waals surface area contributed by atoms with Crippen LogP contribution in [0, 0.1) is 45.3 Å². The topological polar surface area (TPSA) is 66.8 Å². The van der Waals surface area contributed by atoms with Crippen LogP contribution in [0.5, 0.6) is 0 Å². The summed E-state index contributed by atoms with van der Waals surface area (Å²) in [6.45, 7) is 16.7. The number of carboxylic acid groups (broad SMARTS) is 1. The first kappa shape index (κ1) is 24.6. The zero-order valence-corrected chi connectivity index (χ0v) is 22.1. The van der Waals surface area contributed by atoms with E-state index in [1.54, 1.807) is 6.92 Å². The summed E-state index contributed by atoms with van der Waals surface area (Å²) in [5.74, 6) is 0.678. The third kappa shape index (κ3) is 3.00. The number of hydrogen-bond acceptors (Lipinski definition) is 3. The van der Waals surface area contributed by atoms with Gasteiger partial charge in [0.1, 0.15) is 0 Å². The zero-order chi connectivity index (χ0) is 24.7. The van der Waals surface area contributed by atoms with Gasteiger partial charge in [0, 0.05) is 22.8 Å². The van der Waals surface area contributed by atoms with Crippen molar-refractivity contribution >= 4 is 5.97 Å². The maximum atomic E-state index is 11.3. The summed E-state index contributed by atoms with van der Waals surface area (Å²) >= 11 is 0. The molecule has 2 aliphatic heterocycles. The maximum Gasteiger partial charge on any atom is 0.330 e. The lowest BCUT2D eigenvalue weighted by Crippen LogP contribution is -2.73. The van der Waals surface area contributed by atoms with E-state index >= 15 is 0 Å². The minimum atomic E-state index is -0.947. The van der Waals surface area contributed by atoms with Gasteiger partial charge in [-0.25, -0.2) is 4.79 Å². The fourth-order valence-electron chi connectivity index (χ4n) is 10.4. The van der Waals surface area contributed by atoms with Gasteiger partial charge in [0.2, 0.25) is 0 Å². The third-order valence-corrected chi connectivity index (χ3v) is 12.6. The largest absolute Gasteiger partial charge is 0.478 e. The van der Waals surface area contributed by atoms with Crippen LogP contribution in [0.3, 0.4) is 0 Å². The maximum absolute atomic E-state index is 11.3. The van der Waals surface area contributed by atoms with Crippen LogP contribution >= 0.6 is 0 Å². The first-order chi connectivity index (χ1) is 15.8. The summed E-state index contributed by atoms with van der Waals surface area (Å²) in [7, 11) is 0. The lowest BCUT2D eigenvalue weighted by molar-refractivity contribution is -0.398. The molecule has 4 nitrogen and oxygen atoms in total. The minimum Gasteiger partial charge on any atom is -0.478 e. The lowest BCUT2D eigenvalue weighted by Gasteiger charge is -2.74. The number of carboxylic acids is 1. The molecule has 6 aliphatic rings. The number of fused-ring (bicyclic) bond motifs is 5. The van der Waals surface area contributed by atoms with Crippen LogP contribution in [0.4, 0.5) is 0 Å². The van der Waals surface area contributed by atoms with Crippen molar-refractivity contribution < 1.29 is 19.7 Å². The SMILES string of the molecule is C=C(CCC=C(C)C(=O)O)C1CCC2(C)C1CCC1C34CCC(O)(OC3)C(C)(C)C4CCC12C. The molecule has 8 unspecified atom stereocenters. The van der Waals surface area contributed by atoms with Gasteiger partial charge in [0.15, 0.2) is 5.79 Å². The van der Waals surface area contributed by atoms with E-state index in [0.717, 1.165) is 32.3 Å². The van der Waals surface area contributed by atoms with Crippen molar-refractivity contribution in [3.05, 3.63) is 23.8 Å². The van der Waals surface area contributed by atoms with E-state index in [0.29, 0.717) is 40.1 Å². The van der Waals surface area contributed by atoms with E-state index in [9.17, 15) is 9.90 Å². The first-order valence-corrected chi connectivity index (χ1v) is 13.8. The molecule has 4 heteroatoms. The molecule has 190 valence electrons. The van der Waals surface area contributed by atoms with Crippen LogP contribution in [0.25, 0.3) is 0 Å². The minimum absolute atomic E-state index is 0.184. The highest BCUT2D eigenvalue weighted by molar-refractivity contribution is 5.85. The van der Waals surface area contributed by atoms with Crippen LogP contribution in [0.15, 0.2) is 23.8 Å². The molecule has 2 N–H and O–H groups in total. The Bertz CT molecular complexity index is 907. The van der Waals surface area contributed by atoms with Crippen molar-refractivity contribution in [2.45, 2.75) is 105 Å². The summed E-state index contributed by atoms with van der Waals surface area (Å²) < 4.78 is 6.31. The van der Waals surface area contributed by atoms with Gasteiger partial charge in [0.25, 0.3) is 0 Å². The highest BCUT2D eigenvalue weighted by Gasteiger charge is 2.74. The molecule has 34 heavy (non-hydrogen) atoms. The van der Waals surface area contributed by atoms with Gasteiger partial charge in [0.05, 0.1) is 6.61 Å². The Morgan fingerprint density at radius 1 is 1.00 bits per heavy atom. The van der Waals surface area contributed by atoms with Crippen LogP contribution in [-0.4, -0.2) is 28.6 Å². The Morgan fingerprint density at radius 2 is 1.71 bits per heavy atom. The van der Waals surface area contributed by atoms with E-state index in [1.807, 2.05) is 6.08 Å². The van der Waals surface area contributed by atoms with E-state index in [-0.39, 0.29) is 10.8 Å². The summed E-state index contributed by atoms with van der Waals surface area (Å²) in [5, 5.41) is 20.5. The molecule has 0 amide bonds. The van der Waals surface area contributed by atoms with Crippen molar-refractivity contribution in [2.24, 2.45) is 45.3 Å². The molecule has 4 saturated carbocycles. The smallest absolute Gasteiger partial charge is 0.330 e. The fourth-order valence-corrected chi connectivity index (χ4v) is 10.4. The average molecular weight is 471 g/mol. The van der Waals surface area contributed by atoms with Crippen LogP contribution < -0.4 is 0 Å². The molecule has 0 aromatic carbocycles. The zero-order valence-electron chi connectivity index (χ0n) is 22.1. The molecule has 0 aromatic rings. The molecule has 2 saturated heterocycles. The predicted octanol–water partition coefficient (Wildman–Crippen LogP) is 6.74. The number of ether oxygens (including phenoxy) is 1. The first-order valence-electron chi connectivity index (χ1n) is 13.8. The predicted molar refractivity (Wildman–Crippen MR) is 134 cm³/mol. The lowest BCUT2D eigenvalue weighted by atomic mass is 9.34. The molecular weight excluding hydrogens is 424 g/mol. The number of hydrogen-bond donors (Lipinski definition) is 2. The summed E-state index contributed by atoms with van der Waals surface area (Å²) in [6.07, 6.45) is 12.9. The van der Waals surface area contributed by atoms with Crippen molar-refractivity contribution in [3.8, 4) is 0 Å². The highest BCUT2D eigenvalue weighted by Crippen LogP contribution is 2.77. The standard InChI is InChI=1S/C30H46O4/c1-19(8-7-9-20(2)25(31)32)21-12-14-27(5)22(21)10-11-24-28(27,6)15-13-23-26(3,4)30(33)17-16-29(23,24)18-34-30/h9,21-24,33H,1,7-8,10-18H2,2-6H3,(H,31,32). The van der Waals surface area contributed by atoms with E-state index in [1.165, 1.54) is 44.1 Å². The van der Waals surface area contributed by atoms with Gasteiger partial charge in [-0.3, -0.25) is 0 Å². The number of carbonyl (C=O) groups is 1. The highest BCUT2D eigenvalue weighted by atomic mass is 16.6. The van der Waals surface area contributed by atoms with Crippen molar-refractivity contribution in [1.29, 1.82) is 0 Å². The number of rotatable bonds is 5. The van der Waals surface area contributed by atoms with Crippen LogP contribution in [-0.2, 0) is 9.53 Å². The molecule has 1 spiro atoms. The number of allylic oxidation sites excluding steroid dienone is 2. The molecule has 2 bridgehead atoms. The Morgan fingerprint density at radius 3 is 2.35 bits per heavy atom. The Labute approximate surface area is 206 Å². The second-order valence-electron chi connectivity index (χ2n) is 13.7. The van der Waals surface area contributed by atoms with E-state index in [4.69, 9.17) is 9.84 Å². The van der Waals surface area contributed by atoms with Gasteiger partial charge < -0.3 is 14.9 Å². The monoisotopic (exact) mass is 470 g/mol. The van der Waals surface area contributed by atoms with Crippen molar-refractivity contribution in [3.63, 3.8) is 0 Å². The van der Waals surface area contributed by atoms with Crippen LogP contribution in [0.2, 0.25) is 0 Å². The average Bonchev–Trinajstić information content (AvgIpc) is 3.13. The van der Waals surface area contributed by atoms with E-state index in [2.05, 4.69) is 34.3 Å². The third-order valence-electron chi connectivity index (χ3n) is 12.6. The molecule has 0 radical (unpaired) electrons. The van der Waals surface area contributed by atoms with Gasteiger partial charge in [-0.2, -0.15) is 0 Å². The van der Waals surface area contributed by atoms with Gasteiger partial charge in [-0.1, -0.05) is 45.9 Å². The Kier molecular flexibility index (Phi) is 5.55. The molecule has 8 atom stereocenters. The van der Waals surface area contributed by atoms with Gasteiger partial charge in [-0.15, -0.1) is 0 Å². The molecule has 0 aromatic heterocycles. The number of aliphatic hydroxyl groups is 1. The molecular formula is C30H46O4. The van der Waals surface area contributed by atoms with Crippen molar-refractivity contribution in [2.75, 3.05) is 6.61 Å². The Balaban J connectivity index is 1.38.